The monoisotopic (exact) mass is 297 g/mol. The van der Waals surface area contributed by atoms with Crippen LogP contribution in [-0.4, -0.2) is 37.0 Å². The van der Waals surface area contributed by atoms with Crippen LogP contribution in [0.4, 0.5) is 5.69 Å². The van der Waals surface area contributed by atoms with Gasteiger partial charge in [-0.15, -0.1) is 0 Å². The van der Waals surface area contributed by atoms with Crippen molar-refractivity contribution in [3.63, 3.8) is 0 Å². The number of carbonyl (C=O) groups is 1. The molecule has 0 aromatic heterocycles. The minimum Gasteiger partial charge on any atom is -0.327 e. The number of nitrogens with two attached hydrogens (primary N) is 1. The second-order valence-electron chi connectivity index (χ2n) is 5.46. The molecule has 1 unspecified atom stereocenters. The Balaban J connectivity index is 2.37. The van der Waals surface area contributed by atoms with Crippen LogP contribution in [0, 0.1) is 5.92 Å². The summed E-state index contributed by atoms with van der Waals surface area (Å²) >= 11 is 6.00. The van der Waals surface area contributed by atoms with Gasteiger partial charge in [-0.25, -0.2) is 0 Å². The molecular weight excluding hydrogens is 274 g/mol. The molecule has 0 heterocycles. The maximum Gasteiger partial charge on any atom is 0.238 e. The summed E-state index contributed by atoms with van der Waals surface area (Å²) in [7, 11) is 1.92. The molecule has 1 atom stereocenters. The normalized spacial score (nSPS) is 12.8. The van der Waals surface area contributed by atoms with Gasteiger partial charge in [0.15, 0.2) is 0 Å². The van der Waals surface area contributed by atoms with Crippen molar-refractivity contribution in [3.05, 3.63) is 29.3 Å². The van der Waals surface area contributed by atoms with Gasteiger partial charge in [0.1, 0.15) is 0 Å². The molecule has 0 radical (unpaired) electrons. The molecule has 0 aliphatic rings. The lowest BCUT2D eigenvalue weighted by molar-refractivity contribution is -0.117. The first-order chi connectivity index (χ1) is 9.40. The summed E-state index contributed by atoms with van der Waals surface area (Å²) in [6.07, 6.45) is 0.882. The molecule has 1 aromatic carbocycles. The molecule has 0 spiro atoms. The Kier molecular flexibility index (Phi) is 6.99. The lowest BCUT2D eigenvalue weighted by Crippen LogP contribution is -2.35. The van der Waals surface area contributed by atoms with E-state index in [1.54, 1.807) is 12.1 Å². The molecule has 0 bridgehead atoms. The van der Waals surface area contributed by atoms with Crippen LogP contribution in [-0.2, 0) is 4.79 Å². The van der Waals surface area contributed by atoms with Gasteiger partial charge in [-0.1, -0.05) is 37.6 Å². The summed E-state index contributed by atoms with van der Waals surface area (Å²) in [5.74, 6) is 0.388. The SMILES string of the molecule is CC(C)C(N)CCN(C)CC(=O)Nc1ccccc1Cl. The van der Waals surface area contributed by atoms with Gasteiger partial charge in [-0.05, 0) is 38.1 Å². The minimum atomic E-state index is -0.0706. The van der Waals surface area contributed by atoms with Crippen molar-refractivity contribution < 1.29 is 4.79 Å². The molecule has 112 valence electrons. The molecule has 0 fully saturated rings. The third-order valence-corrected chi connectivity index (χ3v) is 3.59. The number of amides is 1. The first-order valence-electron chi connectivity index (χ1n) is 6.88. The Bertz CT molecular complexity index is 437. The van der Waals surface area contributed by atoms with Crippen molar-refractivity contribution in [3.8, 4) is 0 Å². The van der Waals surface area contributed by atoms with Crippen molar-refractivity contribution in [1.29, 1.82) is 0 Å². The lowest BCUT2D eigenvalue weighted by atomic mass is 10.0. The molecule has 5 heteroatoms. The first kappa shape index (κ1) is 17.0. The van der Waals surface area contributed by atoms with Crippen LogP contribution in [0.1, 0.15) is 20.3 Å². The fourth-order valence-corrected chi connectivity index (χ4v) is 1.96. The molecule has 3 N–H and O–H groups in total. The van der Waals surface area contributed by atoms with Crippen LogP contribution in [0.15, 0.2) is 24.3 Å². The van der Waals surface area contributed by atoms with E-state index >= 15 is 0 Å². The Morgan fingerprint density at radius 2 is 2.05 bits per heavy atom. The van der Waals surface area contributed by atoms with Gasteiger partial charge in [0.25, 0.3) is 0 Å². The fraction of sp³-hybridized carbons (Fsp3) is 0.533. The molecule has 0 aliphatic heterocycles. The molecule has 1 aromatic rings. The number of anilines is 1. The van der Waals surface area contributed by atoms with E-state index in [1.165, 1.54) is 0 Å². The largest absolute Gasteiger partial charge is 0.327 e. The molecule has 0 aliphatic carbocycles. The maximum absolute atomic E-state index is 11.9. The third-order valence-electron chi connectivity index (χ3n) is 3.26. The van der Waals surface area contributed by atoms with Crippen LogP contribution >= 0.6 is 11.6 Å². The number of nitrogens with zero attached hydrogens (tertiary/aromatic N) is 1. The van der Waals surface area contributed by atoms with Crippen LogP contribution in [0.5, 0.6) is 0 Å². The number of rotatable bonds is 7. The van der Waals surface area contributed by atoms with E-state index in [-0.39, 0.29) is 11.9 Å². The highest BCUT2D eigenvalue weighted by atomic mass is 35.5. The lowest BCUT2D eigenvalue weighted by Gasteiger charge is -2.21. The molecular formula is C15H24ClN3O. The highest BCUT2D eigenvalue weighted by Gasteiger charge is 2.12. The number of hydrogen-bond donors (Lipinski definition) is 2. The van der Waals surface area contributed by atoms with Gasteiger partial charge >= 0.3 is 0 Å². The maximum atomic E-state index is 11.9. The zero-order chi connectivity index (χ0) is 15.1. The quantitative estimate of drug-likeness (QED) is 0.813. The second kappa shape index (κ2) is 8.25. The molecule has 0 saturated heterocycles. The van der Waals surface area contributed by atoms with Gasteiger partial charge in [0.2, 0.25) is 5.91 Å². The van der Waals surface area contributed by atoms with Crippen molar-refractivity contribution >= 4 is 23.2 Å². The van der Waals surface area contributed by atoms with E-state index < -0.39 is 0 Å². The Morgan fingerprint density at radius 1 is 1.40 bits per heavy atom. The molecule has 1 amide bonds. The topological polar surface area (TPSA) is 58.4 Å². The van der Waals surface area contributed by atoms with Crippen molar-refractivity contribution in [1.82, 2.24) is 4.90 Å². The summed E-state index contributed by atoms with van der Waals surface area (Å²) in [6.45, 7) is 5.34. The highest BCUT2D eigenvalue weighted by Crippen LogP contribution is 2.20. The zero-order valence-electron chi connectivity index (χ0n) is 12.4. The number of para-hydroxylation sites is 1. The number of hydrogen-bond acceptors (Lipinski definition) is 3. The van der Waals surface area contributed by atoms with Crippen molar-refractivity contribution in [2.75, 3.05) is 25.5 Å². The number of nitrogens with one attached hydrogen (secondary N) is 1. The van der Waals surface area contributed by atoms with Gasteiger partial charge in [-0.3, -0.25) is 9.69 Å². The predicted octanol–water partition coefficient (Wildman–Crippen LogP) is 2.58. The van der Waals surface area contributed by atoms with E-state index in [0.29, 0.717) is 23.2 Å². The highest BCUT2D eigenvalue weighted by molar-refractivity contribution is 6.33. The average Bonchev–Trinajstić information content (AvgIpc) is 2.38. The van der Waals surface area contributed by atoms with E-state index in [9.17, 15) is 4.79 Å². The van der Waals surface area contributed by atoms with Crippen LogP contribution in [0.2, 0.25) is 5.02 Å². The smallest absolute Gasteiger partial charge is 0.238 e. The van der Waals surface area contributed by atoms with Gasteiger partial charge in [-0.2, -0.15) is 0 Å². The summed E-state index contributed by atoms with van der Waals surface area (Å²) in [5, 5.41) is 3.35. The van der Waals surface area contributed by atoms with Gasteiger partial charge in [0, 0.05) is 6.04 Å². The first-order valence-corrected chi connectivity index (χ1v) is 7.26. The standard InChI is InChI=1S/C15H24ClN3O/c1-11(2)13(17)8-9-19(3)10-15(20)18-14-7-5-4-6-12(14)16/h4-7,11,13H,8-10,17H2,1-3H3,(H,18,20). The number of benzene rings is 1. The van der Waals surface area contributed by atoms with E-state index in [1.807, 2.05) is 24.1 Å². The Labute approximate surface area is 126 Å². The van der Waals surface area contributed by atoms with Gasteiger partial charge < -0.3 is 11.1 Å². The van der Waals surface area contributed by atoms with Crippen LogP contribution in [0.3, 0.4) is 0 Å². The Morgan fingerprint density at radius 3 is 2.65 bits per heavy atom. The minimum absolute atomic E-state index is 0.0706. The predicted molar refractivity (Wildman–Crippen MR) is 85.0 cm³/mol. The number of halogens is 1. The molecule has 20 heavy (non-hydrogen) atoms. The summed E-state index contributed by atoms with van der Waals surface area (Å²) < 4.78 is 0. The van der Waals surface area contributed by atoms with Crippen molar-refractivity contribution in [2.45, 2.75) is 26.3 Å². The molecule has 4 nitrogen and oxygen atoms in total. The number of likely N-dealkylation sites (N-methyl/N-ethyl adjacent to an activating group) is 1. The molecule has 0 saturated carbocycles. The van der Waals surface area contributed by atoms with Crippen LogP contribution < -0.4 is 11.1 Å². The third kappa shape index (κ3) is 5.90. The number of carbonyl (C=O) groups excluding carboxylic acids is 1. The summed E-state index contributed by atoms with van der Waals surface area (Å²) in [4.78, 5) is 13.9. The Hall–Kier alpha value is -1.10. The second-order valence-corrected chi connectivity index (χ2v) is 5.87. The van der Waals surface area contributed by atoms with E-state index in [0.717, 1.165) is 13.0 Å². The van der Waals surface area contributed by atoms with Crippen molar-refractivity contribution in [2.24, 2.45) is 11.7 Å². The fourth-order valence-electron chi connectivity index (χ4n) is 1.78. The van der Waals surface area contributed by atoms with E-state index in [2.05, 4.69) is 19.2 Å². The molecule has 1 rings (SSSR count). The van der Waals surface area contributed by atoms with Gasteiger partial charge in [0.05, 0.1) is 17.3 Å². The zero-order valence-corrected chi connectivity index (χ0v) is 13.2. The average molecular weight is 298 g/mol. The van der Waals surface area contributed by atoms with E-state index in [4.69, 9.17) is 17.3 Å². The van der Waals surface area contributed by atoms with Crippen LogP contribution in [0.25, 0.3) is 0 Å². The summed E-state index contributed by atoms with van der Waals surface area (Å²) in [5.41, 5.74) is 6.64. The summed E-state index contributed by atoms with van der Waals surface area (Å²) in [6, 6.07) is 7.38.